The van der Waals surface area contributed by atoms with Gasteiger partial charge in [0.25, 0.3) is 0 Å². The van der Waals surface area contributed by atoms with Crippen LogP contribution in [0.25, 0.3) is 0 Å². The van der Waals surface area contributed by atoms with Gasteiger partial charge in [-0.15, -0.1) is 0 Å². The van der Waals surface area contributed by atoms with Crippen LogP contribution < -0.4 is 5.32 Å². The minimum absolute atomic E-state index is 0.130. The normalized spacial score (nSPS) is 17.9. The van der Waals surface area contributed by atoms with Gasteiger partial charge in [0, 0.05) is 13.0 Å². The van der Waals surface area contributed by atoms with E-state index in [4.69, 9.17) is 9.47 Å². The van der Waals surface area contributed by atoms with Crippen LogP contribution >= 0.6 is 0 Å². The van der Waals surface area contributed by atoms with Crippen molar-refractivity contribution in [3.8, 4) is 0 Å². The fourth-order valence-corrected chi connectivity index (χ4v) is 1.59. The second-order valence-electron chi connectivity index (χ2n) is 3.75. The molecule has 0 aromatic carbocycles. The highest BCUT2D eigenvalue weighted by molar-refractivity contribution is 5.79. The van der Waals surface area contributed by atoms with Crippen LogP contribution in [0, 0.1) is 0 Å². The van der Waals surface area contributed by atoms with E-state index in [1.165, 1.54) is 0 Å². The topological polar surface area (TPSA) is 47.6 Å². The van der Waals surface area contributed by atoms with Gasteiger partial charge in [0.15, 0.2) is 5.78 Å². The molecule has 4 nitrogen and oxygen atoms in total. The van der Waals surface area contributed by atoms with E-state index in [1.54, 1.807) is 0 Å². The number of rotatable bonds is 7. The fourth-order valence-electron chi connectivity index (χ4n) is 1.59. The van der Waals surface area contributed by atoms with Crippen LogP contribution in [0.2, 0.25) is 0 Å². The molecular weight excluding hydrogens is 194 g/mol. The molecule has 0 spiro atoms. The molecule has 1 N–H and O–H groups in total. The summed E-state index contributed by atoms with van der Waals surface area (Å²) in [6.45, 7) is 5.30. The summed E-state index contributed by atoms with van der Waals surface area (Å²) in [7, 11) is 0. The number of piperidine rings is 1. The number of carbonyl (C=O) groups excluding carboxylic acids is 1. The lowest BCUT2D eigenvalue weighted by Gasteiger charge is -2.22. The molecule has 1 aliphatic rings. The van der Waals surface area contributed by atoms with Gasteiger partial charge >= 0.3 is 0 Å². The number of Topliss-reactive ketones (excluding diaryl/α,β-unsaturated/α-hetero) is 1. The van der Waals surface area contributed by atoms with Crippen molar-refractivity contribution in [1.82, 2.24) is 5.32 Å². The highest BCUT2D eigenvalue weighted by Gasteiger charge is 2.13. The van der Waals surface area contributed by atoms with Crippen molar-refractivity contribution in [3.05, 3.63) is 0 Å². The van der Waals surface area contributed by atoms with Crippen LogP contribution in [0.3, 0.4) is 0 Å². The Bertz CT molecular complexity index is 179. The van der Waals surface area contributed by atoms with Gasteiger partial charge in [-0.3, -0.25) is 4.79 Å². The summed E-state index contributed by atoms with van der Waals surface area (Å²) in [5.41, 5.74) is 0. The number of carbonyl (C=O) groups is 1. The van der Waals surface area contributed by atoms with Crippen molar-refractivity contribution in [2.45, 2.75) is 32.3 Å². The van der Waals surface area contributed by atoms with Gasteiger partial charge in [0.05, 0.1) is 12.7 Å². The molecule has 0 amide bonds. The predicted octanol–water partition coefficient (Wildman–Crippen LogP) is 0.751. The zero-order valence-electron chi connectivity index (χ0n) is 9.46. The van der Waals surface area contributed by atoms with Crippen LogP contribution in [0.4, 0.5) is 0 Å². The highest BCUT2D eigenvalue weighted by Crippen LogP contribution is 2.07. The number of hydrogen-bond acceptors (Lipinski definition) is 4. The van der Waals surface area contributed by atoms with Gasteiger partial charge in [-0.05, 0) is 32.9 Å². The number of ketones is 1. The lowest BCUT2D eigenvalue weighted by molar-refractivity contribution is -0.125. The third-order valence-electron chi connectivity index (χ3n) is 2.49. The van der Waals surface area contributed by atoms with E-state index >= 15 is 0 Å². The van der Waals surface area contributed by atoms with Crippen LogP contribution in [-0.4, -0.2) is 44.8 Å². The third-order valence-corrected chi connectivity index (χ3v) is 2.49. The zero-order chi connectivity index (χ0) is 10.9. The Morgan fingerprint density at radius 2 is 2.13 bits per heavy atom. The van der Waals surface area contributed by atoms with Crippen molar-refractivity contribution < 1.29 is 14.3 Å². The Morgan fingerprint density at radius 1 is 1.40 bits per heavy atom. The highest BCUT2D eigenvalue weighted by atomic mass is 16.5. The van der Waals surface area contributed by atoms with E-state index in [0.717, 1.165) is 25.9 Å². The maximum atomic E-state index is 11.2. The maximum absolute atomic E-state index is 11.2. The van der Waals surface area contributed by atoms with E-state index in [-0.39, 0.29) is 12.4 Å². The SMILES string of the molecule is CCOCC(=O)CCOC1CCNCC1. The second-order valence-corrected chi connectivity index (χ2v) is 3.75. The molecule has 0 aliphatic carbocycles. The molecule has 4 heteroatoms. The Kier molecular flexibility index (Phi) is 6.55. The first-order valence-electron chi connectivity index (χ1n) is 5.74. The van der Waals surface area contributed by atoms with Gasteiger partial charge in [-0.25, -0.2) is 0 Å². The van der Waals surface area contributed by atoms with Crippen molar-refractivity contribution in [1.29, 1.82) is 0 Å². The quantitative estimate of drug-likeness (QED) is 0.681. The molecule has 0 bridgehead atoms. The summed E-state index contributed by atoms with van der Waals surface area (Å²) in [5.74, 6) is 0.130. The molecule has 1 saturated heterocycles. The summed E-state index contributed by atoms with van der Waals surface area (Å²) in [6, 6.07) is 0. The van der Waals surface area contributed by atoms with Gasteiger partial charge < -0.3 is 14.8 Å². The summed E-state index contributed by atoms with van der Waals surface area (Å²) in [6.07, 6.45) is 2.93. The minimum atomic E-state index is 0.130. The molecule has 0 aromatic heterocycles. The standard InChI is InChI=1S/C11H21NO3/c1-2-14-9-10(13)5-8-15-11-3-6-12-7-4-11/h11-12H,2-9H2,1H3. The second kappa shape index (κ2) is 7.79. The summed E-state index contributed by atoms with van der Waals surface area (Å²) < 4.78 is 10.6. The smallest absolute Gasteiger partial charge is 0.160 e. The van der Waals surface area contributed by atoms with Crippen LogP contribution in [0.1, 0.15) is 26.2 Å². The number of ether oxygens (including phenoxy) is 2. The first kappa shape index (κ1) is 12.6. The number of nitrogens with one attached hydrogen (secondary N) is 1. The molecule has 1 heterocycles. The van der Waals surface area contributed by atoms with Gasteiger partial charge in [0.2, 0.25) is 0 Å². The van der Waals surface area contributed by atoms with Crippen LogP contribution in [0.5, 0.6) is 0 Å². The Hall–Kier alpha value is -0.450. The van der Waals surface area contributed by atoms with Crippen LogP contribution in [0.15, 0.2) is 0 Å². The van der Waals surface area contributed by atoms with Gasteiger partial charge in [-0.2, -0.15) is 0 Å². The fraction of sp³-hybridized carbons (Fsp3) is 0.909. The predicted molar refractivity (Wildman–Crippen MR) is 58.0 cm³/mol. The van der Waals surface area contributed by atoms with E-state index in [9.17, 15) is 4.79 Å². The lowest BCUT2D eigenvalue weighted by Crippen LogP contribution is -2.32. The Labute approximate surface area is 91.3 Å². The lowest BCUT2D eigenvalue weighted by atomic mass is 10.1. The van der Waals surface area contributed by atoms with Gasteiger partial charge in [-0.1, -0.05) is 0 Å². The molecule has 88 valence electrons. The molecule has 15 heavy (non-hydrogen) atoms. The summed E-state index contributed by atoms with van der Waals surface area (Å²) in [4.78, 5) is 11.2. The van der Waals surface area contributed by atoms with E-state index < -0.39 is 0 Å². The Balaban J connectivity index is 1.97. The molecule has 0 radical (unpaired) electrons. The molecule has 0 aromatic rings. The molecule has 0 unspecified atom stereocenters. The first-order valence-corrected chi connectivity index (χ1v) is 5.74. The van der Waals surface area contributed by atoms with E-state index in [1.807, 2.05) is 6.92 Å². The zero-order valence-corrected chi connectivity index (χ0v) is 9.46. The van der Waals surface area contributed by atoms with Crippen molar-refractivity contribution in [2.24, 2.45) is 0 Å². The maximum Gasteiger partial charge on any atom is 0.160 e. The molecule has 1 rings (SSSR count). The van der Waals surface area contributed by atoms with E-state index in [0.29, 0.717) is 25.7 Å². The Morgan fingerprint density at radius 3 is 2.80 bits per heavy atom. The summed E-state index contributed by atoms with van der Waals surface area (Å²) in [5, 5.41) is 3.27. The van der Waals surface area contributed by atoms with Crippen molar-refractivity contribution >= 4 is 5.78 Å². The molecule has 0 saturated carbocycles. The van der Waals surface area contributed by atoms with Crippen molar-refractivity contribution in [3.63, 3.8) is 0 Å². The monoisotopic (exact) mass is 215 g/mol. The number of hydrogen-bond donors (Lipinski definition) is 1. The van der Waals surface area contributed by atoms with Crippen molar-refractivity contribution in [2.75, 3.05) is 32.9 Å². The molecule has 0 atom stereocenters. The molecular formula is C11H21NO3. The average Bonchev–Trinajstić information content (AvgIpc) is 2.28. The molecule has 1 fully saturated rings. The summed E-state index contributed by atoms with van der Waals surface area (Å²) >= 11 is 0. The minimum Gasteiger partial charge on any atom is -0.378 e. The van der Waals surface area contributed by atoms with Gasteiger partial charge in [0.1, 0.15) is 6.61 Å². The third kappa shape index (κ3) is 5.87. The largest absolute Gasteiger partial charge is 0.378 e. The average molecular weight is 215 g/mol. The first-order chi connectivity index (χ1) is 7.33. The van der Waals surface area contributed by atoms with Crippen LogP contribution in [-0.2, 0) is 14.3 Å². The van der Waals surface area contributed by atoms with E-state index in [2.05, 4.69) is 5.32 Å². The molecule has 1 aliphatic heterocycles.